The van der Waals surface area contributed by atoms with Gasteiger partial charge in [0.25, 0.3) is 5.89 Å². The molecule has 0 amide bonds. The first kappa shape index (κ1) is 14.5. The molecule has 1 heterocycles. The van der Waals surface area contributed by atoms with Gasteiger partial charge in [0, 0.05) is 5.56 Å². The zero-order valence-electron chi connectivity index (χ0n) is 12.0. The molecule has 1 aromatic carbocycles. The van der Waals surface area contributed by atoms with Gasteiger partial charge in [0.05, 0.1) is 6.10 Å². The van der Waals surface area contributed by atoms with E-state index in [2.05, 4.69) is 10.1 Å². The van der Waals surface area contributed by atoms with E-state index in [0.29, 0.717) is 18.1 Å². The minimum Gasteiger partial charge on any atom is -0.491 e. The van der Waals surface area contributed by atoms with Crippen LogP contribution in [-0.4, -0.2) is 21.4 Å². The van der Waals surface area contributed by atoms with Crippen molar-refractivity contribution in [1.82, 2.24) is 10.1 Å². The SMILES string of the molecule is CCCC(O)c1noc(-c2cccc(OC(C)C)c2)n1. The van der Waals surface area contributed by atoms with Crippen LogP contribution in [0.4, 0.5) is 0 Å². The molecule has 5 nitrogen and oxygen atoms in total. The van der Waals surface area contributed by atoms with E-state index in [4.69, 9.17) is 9.26 Å². The van der Waals surface area contributed by atoms with Gasteiger partial charge in [-0.2, -0.15) is 4.98 Å². The lowest BCUT2D eigenvalue weighted by Crippen LogP contribution is -2.05. The molecular formula is C15H20N2O3. The number of hydrogen-bond donors (Lipinski definition) is 1. The van der Waals surface area contributed by atoms with E-state index >= 15 is 0 Å². The number of aliphatic hydroxyl groups excluding tert-OH is 1. The summed E-state index contributed by atoms with van der Waals surface area (Å²) in [5.41, 5.74) is 0.783. The van der Waals surface area contributed by atoms with Crippen molar-refractivity contribution < 1.29 is 14.4 Å². The van der Waals surface area contributed by atoms with Gasteiger partial charge in [-0.15, -0.1) is 0 Å². The quantitative estimate of drug-likeness (QED) is 0.876. The van der Waals surface area contributed by atoms with E-state index in [9.17, 15) is 5.11 Å². The molecule has 20 heavy (non-hydrogen) atoms. The van der Waals surface area contributed by atoms with E-state index in [1.807, 2.05) is 45.0 Å². The third kappa shape index (κ3) is 3.57. The molecule has 1 atom stereocenters. The van der Waals surface area contributed by atoms with Gasteiger partial charge in [-0.05, 0) is 38.5 Å². The zero-order valence-corrected chi connectivity index (χ0v) is 12.0. The summed E-state index contributed by atoms with van der Waals surface area (Å²) in [6, 6.07) is 7.48. The van der Waals surface area contributed by atoms with E-state index in [1.165, 1.54) is 0 Å². The van der Waals surface area contributed by atoms with Crippen molar-refractivity contribution in [3.05, 3.63) is 30.1 Å². The Morgan fingerprint density at radius 2 is 2.15 bits per heavy atom. The van der Waals surface area contributed by atoms with Gasteiger partial charge >= 0.3 is 0 Å². The molecule has 0 aliphatic rings. The second kappa shape index (κ2) is 6.52. The summed E-state index contributed by atoms with van der Waals surface area (Å²) in [6.07, 6.45) is 0.917. The highest BCUT2D eigenvalue weighted by Crippen LogP contribution is 2.25. The number of ether oxygens (including phenoxy) is 1. The first-order chi connectivity index (χ1) is 9.60. The average molecular weight is 276 g/mol. The summed E-state index contributed by atoms with van der Waals surface area (Å²) in [4.78, 5) is 4.24. The largest absolute Gasteiger partial charge is 0.491 e. The normalized spacial score (nSPS) is 12.7. The van der Waals surface area contributed by atoms with Crippen LogP contribution in [0.2, 0.25) is 0 Å². The van der Waals surface area contributed by atoms with Crippen molar-refractivity contribution in [3.63, 3.8) is 0 Å². The van der Waals surface area contributed by atoms with Crippen LogP contribution in [0, 0.1) is 0 Å². The fraction of sp³-hybridized carbons (Fsp3) is 0.467. The predicted molar refractivity (Wildman–Crippen MR) is 75.4 cm³/mol. The first-order valence-electron chi connectivity index (χ1n) is 6.89. The number of aliphatic hydroxyl groups is 1. The molecule has 1 aromatic heterocycles. The highest BCUT2D eigenvalue weighted by atomic mass is 16.5. The number of rotatable bonds is 6. The highest BCUT2D eigenvalue weighted by molar-refractivity contribution is 5.55. The van der Waals surface area contributed by atoms with Crippen LogP contribution in [0.1, 0.15) is 45.5 Å². The Labute approximate surface area is 118 Å². The maximum absolute atomic E-state index is 9.84. The Morgan fingerprint density at radius 1 is 1.35 bits per heavy atom. The van der Waals surface area contributed by atoms with Gasteiger partial charge < -0.3 is 14.4 Å². The van der Waals surface area contributed by atoms with Crippen LogP contribution in [0.3, 0.4) is 0 Å². The Morgan fingerprint density at radius 3 is 2.85 bits per heavy atom. The molecular weight excluding hydrogens is 256 g/mol. The lowest BCUT2D eigenvalue weighted by Gasteiger charge is -2.09. The summed E-state index contributed by atoms with van der Waals surface area (Å²) in [5.74, 6) is 1.48. The predicted octanol–water partition coefficient (Wildman–Crippen LogP) is 3.36. The molecule has 0 aliphatic carbocycles. The minimum atomic E-state index is -0.674. The Bertz CT molecular complexity index is 552. The smallest absolute Gasteiger partial charge is 0.258 e. The van der Waals surface area contributed by atoms with Crippen molar-refractivity contribution in [2.45, 2.75) is 45.8 Å². The maximum atomic E-state index is 9.84. The van der Waals surface area contributed by atoms with Gasteiger partial charge in [0.2, 0.25) is 5.82 Å². The standard InChI is InChI=1S/C15H20N2O3/c1-4-6-13(18)14-16-15(20-17-14)11-7-5-8-12(9-11)19-10(2)3/h5,7-10,13,18H,4,6H2,1-3H3. The molecule has 0 fully saturated rings. The van der Waals surface area contributed by atoms with Crippen LogP contribution >= 0.6 is 0 Å². The Kier molecular flexibility index (Phi) is 4.74. The van der Waals surface area contributed by atoms with E-state index in [-0.39, 0.29) is 6.10 Å². The maximum Gasteiger partial charge on any atom is 0.258 e. The van der Waals surface area contributed by atoms with E-state index in [0.717, 1.165) is 17.7 Å². The summed E-state index contributed by atoms with van der Waals surface area (Å²) < 4.78 is 10.8. The van der Waals surface area contributed by atoms with Gasteiger partial charge in [-0.25, -0.2) is 0 Å². The molecule has 0 saturated carbocycles. The molecule has 0 radical (unpaired) electrons. The van der Waals surface area contributed by atoms with E-state index in [1.54, 1.807) is 0 Å². The van der Waals surface area contributed by atoms with Crippen molar-refractivity contribution in [3.8, 4) is 17.2 Å². The van der Waals surface area contributed by atoms with Crippen molar-refractivity contribution in [2.75, 3.05) is 0 Å². The lowest BCUT2D eigenvalue weighted by molar-refractivity contribution is 0.153. The van der Waals surface area contributed by atoms with Crippen LogP contribution in [0.25, 0.3) is 11.5 Å². The topological polar surface area (TPSA) is 68.4 Å². The number of aromatic nitrogens is 2. The fourth-order valence-electron chi connectivity index (χ4n) is 1.86. The third-order valence-corrected chi connectivity index (χ3v) is 2.75. The first-order valence-corrected chi connectivity index (χ1v) is 6.89. The van der Waals surface area contributed by atoms with Gasteiger partial charge in [0.1, 0.15) is 11.9 Å². The molecule has 108 valence electrons. The molecule has 2 rings (SSSR count). The van der Waals surface area contributed by atoms with Gasteiger partial charge in [-0.1, -0.05) is 24.6 Å². The molecule has 0 aliphatic heterocycles. The molecule has 0 saturated heterocycles. The van der Waals surface area contributed by atoms with Crippen molar-refractivity contribution >= 4 is 0 Å². The number of hydrogen-bond acceptors (Lipinski definition) is 5. The van der Waals surface area contributed by atoms with Gasteiger partial charge in [0.15, 0.2) is 0 Å². The summed E-state index contributed by atoms with van der Waals surface area (Å²) in [5, 5.41) is 13.7. The third-order valence-electron chi connectivity index (χ3n) is 2.75. The van der Waals surface area contributed by atoms with E-state index < -0.39 is 6.10 Å². The van der Waals surface area contributed by atoms with Gasteiger partial charge in [-0.3, -0.25) is 0 Å². The summed E-state index contributed by atoms with van der Waals surface area (Å²) in [7, 11) is 0. The lowest BCUT2D eigenvalue weighted by atomic mass is 10.2. The minimum absolute atomic E-state index is 0.106. The van der Waals surface area contributed by atoms with Crippen LogP contribution < -0.4 is 4.74 Å². The van der Waals surface area contributed by atoms with Crippen LogP contribution in [0.5, 0.6) is 5.75 Å². The van der Waals surface area contributed by atoms with Crippen LogP contribution in [0.15, 0.2) is 28.8 Å². The number of benzene rings is 1. The fourth-order valence-corrected chi connectivity index (χ4v) is 1.86. The molecule has 1 N–H and O–H groups in total. The Balaban J connectivity index is 2.19. The number of nitrogens with zero attached hydrogens (tertiary/aromatic N) is 2. The second-order valence-electron chi connectivity index (χ2n) is 4.96. The molecule has 1 unspecified atom stereocenters. The zero-order chi connectivity index (χ0) is 14.5. The molecule has 5 heteroatoms. The van der Waals surface area contributed by atoms with Crippen molar-refractivity contribution in [1.29, 1.82) is 0 Å². The second-order valence-corrected chi connectivity index (χ2v) is 4.96. The van der Waals surface area contributed by atoms with Crippen molar-refractivity contribution in [2.24, 2.45) is 0 Å². The molecule has 2 aromatic rings. The monoisotopic (exact) mass is 276 g/mol. The summed E-state index contributed by atoms with van der Waals surface area (Å²) in [6.45, 7) is 5.94. The average Bonchev–Trinajstić information content (AvgIpc) is 2.88. The summed E-state index contributed by atoms with van der Waals surface area (Å²) >= 11 is 0. The molecule has 0 spiro atoms. The highest BCUT2D eigenvalue weighted by Gasteiger charge is 2.16. The van der Waals surface area contributed by atoms with Crippen LogP contribution in [-0.2, 0) is 0 Å². The molecule has 0 bridgehead atoms. The Hall–Kier alpha value is -1.88.